The lowest BCUT2D eigenvalue weighted by atomic mass is 9.89. The van der Waals surface area contributed by atoms with Crippen LogP contribution in [0.2, 0.25) is 0 Å². The highest BCUT2D eigenvalue weighted by Crippen LogP contribution is 2.17. The molecule has 0 aromatic heterocycles. The minimum atomic E-state index is -0.203. The Morgan fingerprint density at radius 3 is 1.33 bits per heavy atom. The molecule has 0 amide bonds. The smallest absolute Gasteiger partial charge is 0.0258 e. The molecule has 0 fully saturated rings. The summed E-state index contributed by atoms with van der Waals surface area (Å²) in [4.78, 5) is 0. The fraction of sp³-hybridized carbons (Fsp3) is 0.400. The number of hydrogen-bond donors (Lipinski definition) is 1. The van der Waals surface area contributed by atoms with Gasteiger partial charge in [-0.05, 0) is 19.3 Å². The van der Waals surface area contributed by atoms with Gasteiger partial charge < -0.3 is 5.73 Å². The highest BCUT2D eigenvalue weighted by atomic mass is 79.9. The molecule has 0 aromatic rings. The maximum atomic E-state index is 6.02. The largest absolute Gasteiger partial charge is 0.324 e. The third-order valence-electron chi connectivity index (χ3n) is 1.65. The molecule has 1 nitrogen and oxygen atoms in total. The Hall–Kier alpha value is -0.340. The van der Waals surface area contributed by atoms with Crippen molar-refractivity contribution in [2.75, 3.05) is 0 Å². The van der Waals surface area contributed by atoms with E-state index in [-0.39, 0.29) is 22.5 Å². The number of halogens is 1. The predicted molar refractivity (Wildman–Crippen MR) is 61.7 cm³/mol. The first-order valence-corrected chi connectivity index (χ1v) is 3.80. The number of rotatable bonds is 6. The molecule has 0 radical (unpaired) electrons. The summed E-state index contributed by atoms with van der Waals surface area (Å²) in [5.41, 5.74) is 5.81. The Kier molecular flexibility index (Phi) is 8.66. The number of hydrogen-bond acceptors (Lipinski definition) is 1. The maximum absolute atomic E-state index is 6.02. The van der Waals surface area contributed by atoms with Gasteiger partial charge in [0.25, 0.3) is 0 Å². The Morgan fingerprint density at radius 1 is 0.917 bits per heavy atom. The summed E-state index contributed by atoms with van der Waals surface area (Å²) in [5.74, 6) is 0. The predicted octanol–water partition coefficient (Wildman–Crippen LogP) is 2.99. The van der Waals surface area contributed by atoms with Crippen LogP contribution >= 0.6 is 17.0 Å². The Labute approximate surface area is 85.8 Å². The topological polar surface area (TPSA) is 26.0 Å². The van der Waals surface area contributed by atoms with Crippen molar-refractivity contribution >= 4 is 17.0 Å². The highest BCUT2D eigenvalue weighted by Gasteiger charge is 2.18. The SMILES string of the molecule is Br.C=CCC(N)(CC=C)CC=C. The lowest BCUT2D eigenvalue weighted by molar-refractivity contribution is 0.440. The zero-order chi connectivity index (χ0) is 8.74. The molecule has 0 spiro atoms. The van der Waals surface area contributed by atoms with Crippen LogP contribution in [0.5, 0.6) is 0 Å². The van der Waals surface area contributed by atoms with Gasteiger partial charge in [-0.15, -0.1) is 36.7 Å². The first-order valence-electron chi connectivity index (χ1n) is 3.80. The van der Waals surface area contributed by atoms with Gasteiger partial charge in [-0.2, -0.15) is 0 Å². The Morgan fingerprint density at radius 2 is 1.17 bits per heavy atom. The fourth-order valence-corrected chi connectivity index (χ4v) is 1.11. The van der Waals surface area contributed by atoms with E-state index in [0.29, 0.717) is 0 Å². The van der Waals surface area contributed by atoms with E-state index >= 15 is 0 Å². The lowest BCUT2D eigenvalue weighted by Crippen LogP contribution is -2.37. The third-order valence-corrected chi connectivity index (χ3v) is 1.65. The third kappa shape index (κ3) is 5.33. The summed E-state index contributed by atoms with van der Waals surface area (Å²) in [6, 6.07) is 0. The average molecular weight is 232 g/mol. The molecule has 0 saturated carbocycles. The van der Waals surface area contributed by atoms with Crippen molar-refractivity contribution in [1.82, 2.24) is 0 Å². The van der Waals surface area contributed by atoms with E-state index < -0.39 is 0 Å². The molecule has 0 aliphatic rings. The molecule has 0 aliphatic heterocycles. The molecule has 0 rings (SSSR count). The van der Waals surface area contributed by atoms with Crippen LogP contribution in [0.15, 0.2) is 38.0 Å². The minimum absolute atomic E-state index is 0. The van der Waals surface area contributed by atoms with Crippen molar-refractivity contribution in [2.24, 2.45) is 5.73 Å². The molecule has 0 aromatic carbocycles. The fourth-order valence-electron chi connectivity index (χ4n) is 1.11. The minimum Gasteiger partial charge on any atom is -0.324 e. The lowest BCUT2D eigenvalue weighted by Gasteiger charge is -2.25. The molecule has 12 heavy (non-hydrogen) atoms. The average Bonchev–Trinajstić information content (AvgIpc) is 1.88. The standard InChI is InChI=1S/C10H17N.BrH/c1-4-7-10(11,8-5-2)9-6-3;/h4-6H,1-3,7-9,11H2;1H. The van der Waals surface area contributed by atoms with E-state index in [0.717, 1.165) is 19.3 Å². The molecule has 0 saturated heterocycles. The van der Waals surface area contributed by atoms with Crippen molar-refractivity contribution < 1.29 is 0 Å². The van der Waals surface area contributed by atoms with Crippen LogP contribution in [-0.4, -0.2) is 5.54 Å². The van der Waals surface area contributed by atoms with Crippen molar-refractivity contribution in [3.63, 3.8) is 0 Å². The molecule has 70 valence electrons. The van der Waals surface area contributed by atoms with Gasteiger partial charge in [-0.1, -0.05) is 18.2 Å². The molecule has 0 bridgehead atoms. The normalized spacial score (nSPS) is 9.75. The second-order valence-corrected chi connectivity index (χ2v) is 2.84. The first-order chi connectivity index (χ1) is 5.18. The second kappa shape index (κ2) is 7.32. The van der Waals surface area contributed by atoms with Gasteiger partial charge >= 0.3 is 0 Å². The summed E-state index contributed by atoms with van der Waals surface area (Å²) in [6.45, 7) is 11.0. The molecule has 2 heteroatoms. The van der Waals surface area contributed by atoms with E-state index in [4.69, 9.17) is 5.73 Å². The van der Waals surface area contributed by atoms with Crippen molar-refractivity contribution in [2.45, 2.75) is 24.8 Å². The molecule has 0 unspecified atom stereocenters. The first kappa shape index (κ1) is 14.2. The van der Waals surface area contributed by atoms with Crippen molar-refractivity contribution in [1.29, 1.82) is 0 Å². The summed E-state index contributed by atoms with van der Waals surface area (Å²) in [6.07, 6.45) is 7.95. The van der Waals surface area contributed by atoms with E-state index in [1.54, 1.807) is 0 Å². The van der Waals surface area contributed by atoms with Gasteiger partial charge in [0.2, 0.25) is 0 Å². The summed E-state index contributed by atoms with van der Waals surface area (Å²) < 4.78 is 0. The molecule has 0 atom stereocenters. The van der Waals surface area contributed by atoms with E-state index in [9.17, 15) is 0 Å². The molecular formula is C10H18BrN. The molecule has 2 N–H and O–H groups in total. The van der Waals surface area contributed by atoms with Crippen LogP contribution in [0.25, 0.3) is 0 Å². The highest BCUT2D eigenvalue weighted by molar-refractivity contribution is 8.93. The van der Waals surface area contributed by atoms with E-state index in [2.05, 4.69) is 19.7 Å². The van der Waals surface area contributed by atoms with E-state index in [1.807, 2.05) is 18.2 Å². The summed E-state index contributed by atoms with van der Waals surface area (Å²) >= 11 is 0. The second-order valence-electron chi connectivity index (χ2n) is 2.84. The monoisotopic (exact) mass is 231 g/mol. The summed E-state index contributed by atoms with van der Waals surface area (Å²) in [5, 5.41) is 0. The maximum Gasteiger partial charge on any atom is 0.0258 e. The molecule has 0 heterocycles. The van der Waals surface area contributed by atoms with Crippen LogP contribution in [0.3, 0.4) is 0 Å². The van der Waals surface area contributed by atoms with Crippen LogP contribution < -0.4 is 5.73 Å². The van der Waals surface area contributed by atoms with Crippen LogP contribution in [0.4, 0.5) is 0 Å². The Bertz CT molecular complexity index is 125. The number of nitrogens with two attached hydrogens (primary N) is 1. The quantitative estimate of drug-likeness (QED) is 0.700. The summed E-state index contributed by atoms with van der Waals surface area (Å²) in [7, 11) is 0. The van der Waals surface area contributed by atoms with Gasteiger partial charge in [-0.3, -0.25) is 0 Å². The van der Waals surface area contributed by atoms with Crippen molar-refractivity contribution in [3.05, 3.63) is 38.0 Å². The zero-order valence-corrected chi connectivity index (χ0v) is 9.17. The van der Waals surface area contributed by atoms with Crippen molar-refractivity contribution in [3.8, 4) is 0 Å². The van der Waals surface area contributed by atoms with Gasteiger partial charge in [-0.25, -0.2) is 0 Å². The van der Waals surface area contributed by atoms with Gasteiger partial charge in [0, 0.05) is 5.54 Å². The van der Waals surface area contributed by atoms with E-state index in [1.165, 1.54) is 0 Å². The van der Waals surface area contributed by atoms with Gasteiger partial charge in [0.1, 0.15) is 0 Å². The van der Waals surface area contributed by atoms with Gasteiger partial charge in [0.05, 0.1) is 0 Å². The zero-order valence-electron chi connectivity index (χ0n) is 7.46. The van der Waals surface area contributed by atoms with Gasteiger partial charge in [0.15, 0.2) is 0 Å². The van der Waals surface area contributed by atoms with Crippen LogP contribution in [0, 0.1) is 0 Å². The molecular weight excluding hydrogens is 214 g/mol. The Balaban J connectivity index is 0. The van der Waals surface area contributed by atoms with Crippen LogP contribution in [-0.2, 0) is 0 Å². The van der Waals surface area contributed by atoms with Crippen LogP contribution in [0.1, 0.15) is 19.3 Å². The molecule has 0 aliphatic carbocycles.